The fraction of sp³-hybridized carbons (Fsp3) is 0.611. The zero-order valence-corrected chi connectivity index (χ0v) is 14.9. The van der Waals surface area contributed by atoms with Crippen LogP contribution in [-0.2, 0) is 4.79 Å². The Bertz CT molecular complexity index is 480. The summed E-state index contributed by atoms with van der Waals surface area (Å²) in [6.07, 6.45) is 5.04. The summed E-state index contributed by atoms with van der Waals surface area (Å²) in [7, 11) is 0. The number of hydrogen-bond donors (Lipinski definition) is 1. The van der Waals surface area contributed by atoms with Gasteiger partial charge in [0.25, 0.3) is 0 Å². The maximum atomic E-state index is 12.0. The number of Topliss-reactive ketones (excluding diaryl/α,β-unsaturated/α-hetero) is 1. The maximum absolute atomic E-state index is 12.0. The number of carbonyl (C=O) groups is 1. The van der Waals surface area contributed by atoms with Gasteiger partial charge in [0, 0.05) is 17.1 Å². The lowest BCUT2D eigenvalue weighted by molar-refractivity contribution is -0.118. The Hall–Kier alpha value is -0.670. The minimum Gasteiger partial charge on any atom is -0.313 e. The van der Waals surface area contributed by atoms with E-state index in [1.807, 2.05) is 24.3 Å². The molecule has 2 atom stereocenters. The van der Waals surface area contributed by atoms with Crippen LogP contribution in [0.25, 0.3) is 0 Å². The van der Waals surface area contributed by atoms with Crippen molar-refractivity contribution in [3.8, 4) is 0 Å². The smallest absolute Gasteiger partial charge is 0.138 e. The maximum Gasteiger partial charge on any atom is 0.138 e. The van der Waals surface area contributed by atoms with Crippen LogP contribution in [0.2, 0.25) is 0 Å². The average molecular weight is 352 g/mol. The summed E-state index contributed by atoms with van der Waals surface area (Å²) in [4.78, 5) is 12.0. The summed E-state index contributed by atoms with van der Waals surface area (Å²) in [6.45, 7) is 7.13. The first kappa shape index (κ1) is 16.7. The monoisotopic (exact) mass is 351 g/mol. The molecule has 1 N–H and O–H groups in total. The number of benzene rings is 1. The van der Waals surface area contributed by atoms with Crippen LogP contribution < -0.4 is 5.32 Å². The van der Waals surface area contributed by atoms with Crippen LogP contribution >= 0.6 is 15.9 Å². The summed E-state index contributed by atoms with van der Waals surface area (Å²) >= 11 is 3.45. The lowest BCUT2D eigenvalue weighted by atomic mass is 9.75. The fourth-order valence-corrected chi connectivity index (χ4v) is 3.61. The molecule has 0 radical (unpaired) electrons. The number of nitrogens with one attached hydrogen (secondary N) is 1. The Morgan fingerprint density at radius 3 is 2.62 bits per heavy atom. The Morgan fingerprint density at radius 2 is 2.05 bits per heavy atom. The van der Waals surface area contributed by atoms with Crippen molar-refractivity contribution in [2.75, 3.05) is 6.54 Å². The summed E-state index contributed by atoms with van der Waals surface area (Å²) in [5, 5.41) is 3.64. The molecule has 2 rings (SSSR count). The summed E-state index contributed by atoms with van der Waals surface area (Å²) < 4.78 is 1.05. The van der Waals surface area contributed by atoms with Crippen LogP contribution in [0.5, 0.6) is 0 Å². The van der Waals surface area contributed by atoms with Gasteiger partial charge < -0.3 is 5.32 Å². The molecule has 0 spiro atoms. The van der Waals surface area contributed by atoms with E-state index in [9.17, 15) is 4.79 Å². The standard InChI is InChI=1S/C18H26BrNO/c1-13(21)17(14-6-8-15(19)9-7-14)12-20-16-5-4-10-18(2,3)11-16/h6-9,16-17,20H,4-5,10-12H2,1-3H3. The van der Waals surface area contributed by atoms with Crippen molar-refractivity contribution in [3.05, 3.63) is 34.3 Å². The van der Waals surface area contributed by atoms with Gasteiger partial charge in [-0.05, 0) is 49.3 Å². The van der Waals surface area contributed by atoms with Crippen molar-refractivity contribution in [3.63, 3.8) is 0 Å². The van der Waals surface area contributed by atoms with Crippen molar-refractivity contribution in [2.45, 2.75) is 58.4 Å². The summed E-state index contributed by atoms with van der Waals surface area (Å²) in [6, 6.07) is 8.65. The minimum absolute atomic E-state index is 0.0388. The molecule has 1 saturated carbocycles. The second-order valence-corrected chi connectivity index (χ2v) is 8.00. The van der Waals surface area contributed by atoms with Crippen LogP contribution in [0, 0.1) is 5.41 Å². The SMILES string of the molecule is CC(=O)C(CNC1CCCC(C)(C)C1)c1ccc(Br)cc1. The predicted molar refractivity (Wildman–Crippen MR) is 91.6 cm³/mol. The summed E-state index contributed by atoms with van der Waals surface area (Å²) in [5.41, 5.74) is 1.53. The van der Waals surface area contributed by atoms with E-state index in [1.165, 1.54) is 25.7 Å². The molecule has 1 aliphatic carbocycles. The Balaban J connectivity index is 1.97. The highest BCUT2D eigenvalue weighted by molar-refractivity contribution is 9.10. The van der Waals surface area contributed by atoms with Gasteiger partial charge in [-0.15, -0.1) is 0 Å². The minimum atomic E-state index is -0.0388. The van der Waals surface area contributed by atoms with Gasteiger partial charge in [0.05, 0.1) is 5.92 Å². The van der Waals surface area contributed by atoms with E-state index in [1.54, 1.807) is 6.92 Å². The van der Waals surface area contributed by atoms with Crippen molar-refractivity contribution >= 4 is 21.7 Å². The molecule has 0 aromatic heterocycles. The normalized spacial score (nSPS) is 22.8. The van der Waals surface area contributed by atoms with E-state index in [0.717, 1.165) is 16.6 Å². The predicted octanol–water partition coefficient (Wildman–Crippen LogP) is 4.68. The molecule has 0 aliphatic heterocycles. The second kappa shape index (κ2) is 7.06. The van der Waals surface area contributed by atoms with Crippen LogP contribution in [-0.4, -0.2) is 18.4 Å². The largest absolute Gasteiger partial charge is 0.313 e. The van der Waals surface area contributed by atoms with E-state index in [2.05, 4.69) is 35.1 Å². The Labute approximate surface area is 136 Å². The van der Waals surface area contributed by atoms with Gasteiger partial charge in [-0.25, -0.2) is 0 Å². The zero-order chi connectivity index (χ0) is 15.5. The van der Waals surface area contributed by atoms with Gasteiger partial charge in [0.1, 0.15) is 5.78 Å². The quantitative estimate of drug-likeness (QED) is 0.834. The molecular formula is C18H26BrNO. The van der Waals surface area contributed by atoms with Gasteiger partial charge in [-0.3, -0.25) is 4.79 Å². The number of carbonyl (C=O) groups excluding carboxylic acids is 1. The van der Waals surface area contributed by atoms with Gasteiger partial charge in [0.2, 0.25) is 0 Å². The van der Waals surface area contributed by atoms with Crippen LogP contribution in [0.4, 0.5) is 0 Å². The number of ketones is 1. The number of rotatable bonds is 5. The molecule has 3 heteroatoms. The Morgan fingerprint density at radius 1 is 1.38 bits per heavy atom. The highest BCUT2D eigenvalue weighted by Gasteiger charge is 2.28. The van der Waals surface area contributed by atoms with Crippen molar-refractivity contribution in [1.29, 1.82) is 0 Å². The third-order valence-electron chi connectivity index (χ3n) is 4.58. The van der Waals surface area contributed by atoms with Gasteiger partial charge in [-0.1, -0.05) is 48.3 Å². The molecule has 1 aromatic carbocycles. The number of halogens is 1. The first-order chi connectivity index (χ1) is 9.87. The second-order valence-electron chi connectivity index (χ2n) is 7.08. The molecule has 2 unspecified atom stereocenters. The molecule has 21 heavy (non-hydrogen) atoms. The average Bonchev–Trinajstić information content (AvgIpc) is 2.39. The molecule has 2 nitrogen and oxygen atoms in total. The molecular weight excluding hydrogens is 326 g/mol. The molecule has 0 saturated heterocycles. The highest BCUT2D eigenvalue weighted by Crippen LogP contribution is 2.35. The Kier molecular flexibility index (Phi) is 5.61. The third-order valence-corrected chi connectivity index (χ3v) is 5.11. The number of hydrogen-bond acceptors (Lipinski definition) is 2. The fourth-order valence-electron chi connectivity index (χ4n) is 3.35. The molecule has 1 aromatic rings. The van der Waals surface area contributed by atoms with Gasteiger partial charge >= 0.3 is 0 Å². The molecule has 0 amide bonds. The van der Waals surface area contributed by atoms with Crippen molar-refractivity contribution in [1.82, 2.24) is 5.32 Å². The zero-order valence-electron chi connectivity index (χ0n) is 13.3. The van der Waals surface area contributed by atoms with Gasteiger partial charge in [-0.2, -0.15) is 0 Å². The first-order valence-electron chi connectivity index (χ1n) is 7.87. The topological polar surface area (TPSA) is 29.1 Å². The lowest BCUT2D eigenvalue weighted by Gasteiger charge is -2.36. The third kappa shape index (κ3) is 4.93. The van der Waals surface area contributed by atoms with Crippen LogP contribution in [0.15, 0.2) is 28.7 Å². The summed E-state index contributed by atoms with van der Waals surface area (Å²) in [5.74, 6) is 0.197. The lowest BCUT2D eigenvalue weighted by Crippen LogP contribution is -2.40. The highest BCUT2D eigenvalue weighted by atomic mass is 79.9. The molecule has 0 heterocycles. The van der Waals surface area contributed by atoms with E-state index in [4.69, 9.17) is 0 Å². The first-order valence-corrected chi connectivity index (χ1v) is 8.66. The van der Waals surface area contributed by atoms with Crippen molar-refractivity contribution in [2.24, 2.45) is 5.41 Å². The van der Waals surface area contributed by atoms with E-state index >= 15 is 0 Å². The van der Waals surface area contributed by atoms with Crippen LogP contribution in [0.1, 0.15) is 57.9 Å². The van der Waals surface area contributed by atoms with E-state index in [0.29, 0.717) is 11.5 Å². The molecule has 1 fully saturated rings. The molecule has 116 valence electrons. The molecule has 1 aliphatic rings. The van der Waals surface area contributed by atoms with Gasteiger partial charge in [0.15, 0.2) is 0 Å². The van der Waals surface area contributed by atoms with Crippen molar-refractivity contribution < 1.29 is 4.79 Å². The van der Waals surface area contributed by atoms with E-state index in [-0.39, 0.29) is 11.7 Å². The van der Waals surface area contributed by atoms with E-state index < -0.39 is 0 Å². The molecule has 0 bridgehead atoms. The van der Waals surface area contributed by atoms with Crippen LogP contribution in [0.3, 0.4) is 0 Å².